The van der Waals surface area contributed by atoms with Crippen LogP contribution in [0.25, 0.3) is 11.0 Å². The van der Waals surface area contributed by atoms with Crippen molar-refractivity contribution in [3.8, 4) is 0 Å². The van der Waals surface area contributed by atoms with Crippen LogP contribution in [0.3, 0.4) is 0 Å². The number of hydrogen-bond acceptors (Lipinski definition) is 7. The van der Waals surface area contributed by atoms with E-state index in [1.165, 1.54) is 24.0 Å². The topological polar surface area (TPSA) is 108 Å². The first-order valence-electron chi connectivity index (χ1n) is 10.8. The Morgan fingerprint density at radius 2 is 1.97 bits per heavy atom. The summed E-state index contributed by atoms with van der Waals surface area (Å²) in [5, 5.41) is 4.20. The Balaban J connectivity index is 1.57. The molecule has 0 bridgehead atoms. The number of nitrogens with one attached hydrogen (secondary N) is 1. The highest BCUT2D eigenvalue weighted by Gasteiger charge is 2.21. The molecule has 1 amide bonds. The number of aromatic nitrogens is 1. The molecule has 8 nitrogen and oxygen atoms in total. The molecule has 36 heavy (non-hydrogen) atoms. The highest BCUT2D eigenvalue weighted by molar-refractivity contribution is 7.98. The van der Waals surface area contributed by atoms with Crippen molar-refractivity contribution in [2.24, 2.45) is 0 Å². The molecule has 2 heterocycles. The molecule has 4 rings (SSSR count). The van der Waals surface area contributed by atoms with Gasteiger partial charge in [-0.2, -0.15) is 0 Å². The van der Waals surface area contributed by atoms with Gasteiger partial charge < -0.3 is 13.7 Å². The first-order chi connectivity index (χ1) is 17.1. The number of amides is 1. The maximum atomic E-state index is 12.3. The van der Waals surface area contributed by atoms with Crippen LogP contribution in [0.1, 0.15) is 26.3 Å². The molecule has 4 aromatic rings. The van der Waals surface area contributed by atoms with Gasteiger partial charge in [-0.1, -0.05) is 53.7 Å². The van der Waals surface area contributed by atoms with Crippen LogP contribution in [-0.4, -0.2) is 25.4 Å². The highest BCUT2D eigenvalue weighted by Crippen LogP contribution is 2.39. The fraction of sp³-hybridized carbons (Fsp3) is 0.200. The summed E-state index contributed by atoms with van der Waals surface area (Å²) in [6.07, 6.45) is 0.909. The predicted octanol–water partition coefficient (Wildman–Crippen LogP) is 7.05. The third kappa shape index (κ3) is 6.58. The van der Waals surface area contributed by atoms with Gasteiger partial charge in [-0.05, 0) is 50.6 Å². The van der Waals surface area contributed by atoms with Crippen molar-refractivity contribution in [1.82, 2.24) is 4.98 Å². The molecule has 0 spiro atoms. The number of ether oxygens (including phenoxy) is 1. The molecule has 0 aliphatic heterocycles. The average Bonchev–Trinajstić information content (AvgIpc) is 3.21. The monoisotopic (exact) mass is 544 g/mol. The van der Waals surface area contributed by atoms with E-state index in [2.05, 4.69) is 10.3 Å². The van der Waals surface area contributed by atoms with Crippen LogP contribution in [0.5, 0.6) is 0 Å². The minimum atomic E-state index is -2.70. The van der Waals surface area contributed by atoms with Crippen LogP contribution in [0.4, 0.5) is 22.1 Å². The van der Waals surface area contributed by atoms with Crippen molar-refractivity contribution < 1.29 is 22.7 Å². The Morgan fingerprint density at radius 3 is 2.69 bits per heavy atom. The van der Waals surface area contributed by atoms with E-state index in [9.17, 15) is 13.6 Å². The van der Waals surface area contributed by atoms with E-state index in [1.807, 2.05) is 36.4 Å². The molecule has 11 heteroatoms. The average molecular weight is 545 g/mol. The number of carbonyl (C=O) groups excluding carboxylic acids is 1. The molecule has 1 atom stereocenters. The molecule has 2 aromatic carbocycles. The Hall–Kier alpha value is -3.05. The lowest BCUT2D eigenvalue weighted by Gasteiger charge is -2.25. The van der Waals surface area contributed by atoms with Crippen molar-refractivity contribution in [2.75, 3.05) is 9.62 Å². The number of halogens is 1. The molecule has 0 saturated carbocycles. The van der Waals surface area contributed by atoms with Gasteiger partial charge in [0.2, 0.25) is 5.88 Å². The van der Waals surface area contributed by atoms with Gasteiger partial charge in [-0.15, -0.1) is 0 Å². The molecule has 188 valence electrons. The lowest BCUT2D eigenvalue weighted by Crippen LogP contribution is -2.27. The van der Waals surface area contributed by atoms with Crippen molar-refractivity contribution in [3.05, 3.63) is 77.4 Å². The van der Waals surface area contributed by atoms with Crippen LogP contribution in [0.2, 0.25) is 5.02 Å². The molecule has 0 saturated heterocycles. The third-order valence-corrected chi connectivity index (χ3v) is 6.67. The molecule has 1 N–H and O–H groups in total. The molecule has 0 radical (unpaired) electrons. The number of fused-ring (bicyclic) bond motifs is 1. The zero-order valence-electron chi connectivity index (χ0n) is 19.7. The van der Waals surface area contributed by atoms with Gasteiger partial charge in [-0.25, -0.2) is 14.1 Å². The maximum absolute atomic E-state index is 12.3. The molecular weight excluding hydrogens is 522 g/mol. The van der Waals surface area contributed by atoms with Crippen molar-refractivity contribution in [1.29, 1.82) is 0 Å². The third-order valence-electron chi connectivity index (χ3n) is 4.73. The van der Waals surface area contributed by atoms with Gasteiger partial charge in [-0.3, -0.25) is 9.53 Å². The van der Waals surface area contributed by atoms with E-state index >= 15 is 0 Å². The second kappa shape index (κ2) is 10.9. The van der Waals surface area contributed by atoms with Crippen molar-refractivity contribution in [3.63, 3.8) is 0 Å². The summed E-state index contributed by atoms with van der Waals surface area (Å²) in [6.45, 7) is 5.37. The van der Waals surface area contributed by atoms with Crippen LogP contribution in [-0.2, 0) is 21.8 Å². The predicted molar refractivity (Wildman–Crippen MR) is 142 cm³/mol. The van der Waals surface area contributed by atoms with Crippen molar-refractivity contribution >= 4 is 69.0 Å². The normalized spacial score (nSPS) is 12.4. The van der Waals surface area contributed by atoms with E-state index in [0.29, 0.717) is 22.0 Å². The SMILES string of the molecule is CC(C)(C)OC(=O)Nc1cccc(CSc2ncc(Cl)cc2N(c2cc3ccccc3o2)S(=O)[O-])c1. The number of pyridine rings is 1. The van der Waals surface area contributed by atoms with E-state index < -0.39 is 23.0 Å². The van der Waals surface area contributed by atoms with Crippen molar-refractivity contribution in [2.45, 2.75) is 37.2 Å². The lowest BCUT2D eigenvalue weighted by molar-refractivity contribution is 0.0636. The Bertz CT molecular complexity index is 1390. The lowest BCUT2D eigenvalue weighted by atomic mass is 10.2. The number of carbonyl (C=O) groups is 1. The number of hydrogen-bond donors (Lipinski definition) is 1. The maximum Gasteiger partial charge on any atom is 0.412 e. The number of furan rings is 1. The minimum Gasteiger partial charge on any atom is -0.755 e. The summed E-state index contributed by atoms with van der Waals surface area (Å²) < 4.78 is 36.7. The fourth-order valence-electron chi connectivity index (χ4n) is 3.33. The zero-order chi connectivity index (χ0) is 25.9. The quantitative estimate of drug-likeness (QED) is 0.196. The smallest absolute Gasteiger partial charge is 0.412 e. The summed E-state index contributed by atoms with van der Waals surface area (Å²) in [6, 6.07) is 17.7. The van der Waals surface area contributed by atoms with Gasteiger partial charge in [0.15, 0.2) is 0 Å². The van der Waals surface area contributed by atoms with E-state index in [-0.39, 0.29) is 16.6 Å². The Morgan fingerprint density at radius 1 is 1.19 bits per heavy atom. The van der Waals surface area contributed by atoms with Gasteiger partial charge in [0.1, 0.15) is 16.2 Å². The van der Waals surface area contributed by atoms with E-state index in [1.54, 1.807) is 39.0 Å². The van der Waals surface area contributed by atoms with Crippen LogP contribution in [0, 0.1) is 0 Å². The summed E-state index contributed by atoms with van der Waals surface area (Å²) in [4.78, 5) is 16.5. The standard InChI is InChI=1S/C25H24ClN3O5S2/c1-25(2,3)34-24(30)28-19-9-6-7-16(11-19)15-35-23-20(13-18(26)14-27-23)29(36(31)32)22-12-17-8-4-5-10-21(17)33-22/h4-14H,15H2,1-3H3,(H,28,30)(H,31,32)/p-1. The van der Waals surface area contributed by atoms with Gasteiger partial charge in [0.05, 0.1) is 22.0 Å². The number of rotatable bonds is 7. The number of thioether (sulfide) groups is 1. The Labute approximate surface area is 220 Å². The molecule has 1 unspecified atom stereocenters. The number of benzene rings is 2. The van der Waals surface area contributed by atoms with Gasteiger partial charge in [0.25, 0.3) is 0 Å². The number of anilines is 3. The van der Waals surface area contributed by atoms with E-state index in [4.69, 9.17) is 20.8 Å². The first-order valence-corrected chi connectivity index (χ1v) is 13.2. The fourth-order valence-corrected chi connectivity index (χ4v) is 4.98. The van der Waals surface area contributed by atoms with Gasteiger partial charge >= 0.3 is 6.09 Å². The van der Waals surface area contributed by atoms with Crippen LogP contribution in [0.15, 0.2) is 76.3 Å². The van der Waals surface area contributed by atoms with Crippen LogP contribution < -0.4 is 9.62 Å². The van der Waals surface area contributed by atoms with Crippen LogP contribution >= 0.6 is 23.4 Å². The summed E-state index contributed by atoms with van der Waals surface area (Å²) in [7, 11) is 0. The molecule has 2 aromatic heterocycles. The summed E-state index contributed by atoms with van der Waals surface area (Å²) in [5.41, 5.74) is 1.68. The summed E-state index contributed by atoms with van der Waals surface area (Å²) >= 11 is 4.80. The molecule has 0 fully saturated rings. The number of para-hydroxylation sites is 1. The van der Waals surface area contributed by atoms with E-state index in [0.717, 1.165) is 15.3 Å². The molecule has 0 aliphatic rings. The van der Waals surface area contributed by atoms with Gasteiger partial charge in [0, 0.05) is 29.1 Å². The first kappa shape index (κ1) is 26.0. The Kier molecular flexibility index (Phi) is 7.89. The number of nitrogens with zero attached hydrogens (tertiary/aromatic N) is 2. The minimum absolute atomic E-state index is 0.124. The summed E-state index contributed by atoms with van der Waals surface area (Å²) in [5.74, 6) is 0.573. The second-order valence-corrected chi connectivity index (χ2v) is 10.9. The zero-order valence-corrected chi connectivity index (χ0v) is 22.1. The largest absolute Gasteiger partial charge is 0.755 e. The highest BCUT2D eigenvalue weighted by atomic mass is 35.5. The molecular formula is C25H23ClN3O5S2-. The second-order valence-electron chi connectivity index (χ2n) is 8.73. The molecule has 0 aliphatic carbocycles.